The van der Waals surface area contributed by atoms with Crippen LogP contribution in [0, 0.1) is 11.2 Å². The SMILES string of the molecule is COc1ccc(F)c([C@H](N2CCNCC2)C(C)(C)C)c1. The first kappa shape index (κ1) is 15.3. The Kier molecular flexibility index (Phi) is 4.66. The standard InChI is InChI=1S/C16H25FN2O/c1-16(2,3)15(19-9-7-18-8-10-19)13-11-12(20-4)5-6-14(13)17/h5-6,11,15,18H,7-10H2,1-4H3/t15-/m0/s1. The molecule has 1 aliphatic rings. The van der Waals surface area contributed by atoms with E-state index in [0.717, 1.165) is 31.7 Å². The molecule has 1 aliphatic heterocycles. The van der Waals surface area contributed by atoms with Crippen molar-refractivity contribution in [3.63, 3.8) is 0 Å². The molecule has 2 rings (SSSR count). The van der Waals surface area contributed by atoms with Gasteiger partial charge in [0.05, 0.1) is 7.11 Å². The van der Waals surface area contributed by atoms with E-state index in [4.69, 9.17) is 4.74 Å². The van der Waals surface area contributed by atoms with Crippen molar-refractivity contribution in [1.82, 2.24) is 10.2 Å². The zero-order valence-corrected chi connectivity index (χ0v) is 12.9. The number of halogens is 1. The van der Waals surface area contributed by atoms with Crippen molar-refractivity contribution in [1.29, 1.82) is 0 Å². The van der Waals surface area contributed by atoms with Crippen molar-refractivity contribution in [2.75, 3.05) is 33.3 Å². The fourth-order valence-corrected chi connectivity index (χ4v) is 3.01. The predicted octanol–water partition coefficient (Wildman–Crippen LogP) is 2.83. The normalized spacial score (nSPS) is 18.9. The van der Waals surface area contributed by atoms with Gasteiger partial charge in [0, 0.05) is 37.8 Å². The van der Waals surface area contributed by atoms with Gasteiger partial charge in [-0.15, -0.1) is 0 Å². The van der Waals surface area contributed by atoms with Crippen LogP contribution in [0.1, 0.15) is 32.4 Å². The lowest BCUT2D eigenvalue weighted by molar-refractivity contribution is 0.0832. The van der Waals surface area contributed by atoms with Crippen LogP contribution in [0.3, 0.4) is 0 Å². The molecule has 0 saturated carbocycles. The number of hydrogen-bond acceptors (Lipinski definition) is 3. The smallest absolute Gasteiger partial charge is 0.128 e. The molecule has 1 atom stereocenters. The van der Waals surface area contributed by atoms with Crippen LogP contribution in [0.4, 0.5) is 4.39 Å². The van der Waals surface area contributed by atoms with Crippen molar-refractivity contribution >= 4 is 0 Å². The average molecular weight is 280 g/mol. The van der Waals surface area contributed by atoms with E-state index in [1.807, 2.05) is 6.07 Å². The van der Waals surface area contributed by atoms with Crippen molar-refractivity contribution in [2.45, 2.75) is 26.8 Å². The highest BCUT2D eigenvalue weighted by molar-refractivity contribution is 5.33. The molecule has 0 amide bonds. The van der Waals surface area contributed by atoms with Gasteiger partial charge < -0.3 is 10.1 Å². The molecule has 0 aliphatic carbocycles. The number of hydrogen-bond donors (Lipinski definition) is 1. The summed E-state index contributed by atoms with van der Waals surface area (Å²) >= 11 is 0. The molecule has 3 nitrogen and oxygen atoms in total. The summed E-state index contributed by atoms with van der Waals surface area (Å²) in [6, 6.07) is 5.08. The summed E-state index contributed by atoms with van der Waals surface area (Å²) in [5.74, 6) is 0.565. The first-order chi connectivity index (χ1) is 9.43. The number of nitrogens with zero attached hydrogens (tertiary/aromatic N) is 1. The van der Waals surface area contributed by atoms with Crippen LogP contribution in [0.25, 0.3) is 0 Å². The Morgan fingerprint density at radius 2 is 1.90 bits per heavy atom. The van der Waals surface area contributed by atoms with Gasteiger partial charge in [-0.2, -0.15) is 0 Å². The first-order valence-electron chi connectivity index (χ1n) is 7.21. The van der Waals surface area contributed by atoms with Gasteiger partial charge in [0.25, 0.3) is 0 Å². The lowest BCUT2D eigenvalue weighted by Crippen LogP contribution is -2.48. The summed E-state index contributed by atoms with van der Waals surface area (Å²) in [4.78, 5) is 2.37. The van der Waals surface area contributed by atoms with E-state index in [1.54, 1.807) is 13.2 Å². The van der Waals surface area contributed by atoms with E-state index >= 15 is 0 Å². The van der Waals surface area contributed by atoms with Crippen molar-refractivity contribution in [3.8, 4) is 5.75 Å². The third kappa shape index (κ3) is 3.30. The molecule has 1 aromatic rings. The zero-order valence-electron chi connectivity index (χ0n) is 12.9. The van der Waals surface area contributed by atoms with Gasteiger partial charge in [-0.05, 0) is 23.6 Å². The number of benzene rings is 1. The largest absolute Gasteiger partial charge is 0.497 e. The van der Waals surface area contributed by atoms with Crippen LogP contribution in [0.15, 0.2) is 18.2 Å². The zero-order chi connectivity index (χ0) is 14.8. The van der Waals surface area contributed by atoms with Gasteiger partial charge in [0.2, 0.25) is 0 Å². The summed E-state index contributed by atoms with van der Waals surface area (Å²) in [5, 5.41) is 3.35. The molecule has 0 unspecified atom stereocenters. The van der Waals surface area contributed by atoms with Gasteiger partial charge in [-0.3, -0.25) is 4.90 Å². The second-order valence-electron chi connectivity index (χ2n) is 6.44. The third-order valence-corrected chi connectivity index (χ3v) is 3.83. The Labute approximate surface area is 121 Å². The Balaban J connectivity index is 2.40. The van der Waals surface area contributed by atoms with E-state index in [0.29, 0.717) is 5.75 Å². The third-order valence-electron chi connectivity index (χ3n) is 3.83. The summed E-state index contributed by atoms with van der Waals surface area (Å²) in [6.45, 7) is 10.3. The number of ether oxygens (including phenoxy) is 1. The second kappa shape index (κ2) is 6.10. The van der Waals surface area contributed by atoms with Crippen molar-refractivity contribution in [3.05, 3.63) is 29.6 Å². The molecular weight excluding hydrogens is 255 g/mol. The van der Waals surface area contributed by atoms with E-state index in [-0.39, 0.29) is 17.3 Å². The highest BCUT2D eigenvalue weighted by Crippen LogP contribution is 2.40. The number of methoxy groups -OCH3 is 1. The molecule has 0 bridgehead atoms. The molecule has 1 saturated heterocycles. The fourth-order valence-electron chi connectivity index (χ4n) is 3.01. The molecule has 1 N–H and O–H groups in total. The molecule has 4 heteroatoms. The van der Waals surface area contributed by atoms with Gasteiger partial charge >= 0.3 is 0 Å². The summed E-state index contributed by atoms with van der Waals surface area (Å²) in [7, 11) is 1.62. The molecule has 1 heterocycles. The highest BCUT2D eigenvalue weighted by atomic mass is 19.1. The molecule has 1 fully saturated rings. The van der Waals surface area contributed by atoms with Crippen LogP contribution in [-0.4, -0.2) is 38.2 Å². The van der Waals surface area contributed by atoms with E-state index < -0.39 is 0 Å². The Morgan fingerprint density at radius 3 is 2.45 bits per heavy atom. The average Bonchev–Trinajstić information content (AvgIpc) is 2.41. The molecule has 0 aromatic heterocycles. The quantitative estimate of drug-likeness (QED) is 0.921. The molecule has 1 aromatic carbocycles. The van der Waals surface area contributed by atoms with E-state index in [9.17, 15) is 4.39 Å². The Hall–Kier alpha value is -1.13. The van der Waals surface area contributed by atoms with E-state index in [2.05, 4.69) is 31.0 Å². The molecule has 112 valence electrons. The minimum atomic E-state index is -0.149. The van der Waals surface area contributed by atoms with E-state index in [1.165, 1.54) is 6.07 Å². The fraction of sp³-hybridized carbons (Fsp3) is 0.625. The number of nitrogens with one attached hydrogen (secondary N) is 1. The minimum absolute atomic E-state index is 0.0372. The summed E-state index contributed by atoms with van der Waals surface area (Å²) < 4.78 is 19.6. The Morgan fingerprint density at radius 1 is 1.25 bits per heavy atom. The maximum Gasteiger partial charge on any atom is 0.128 e. The van der Waals surface area contributed by atoms with Gasteiger partial charge in [0.1, 0.15) is 11.6 Å². The molecule has 0 radical (unpaired) electrons. The maximum absolute atomic E-state index is 14.3. The monoisotopic (exact) mass is 280 g/mol. The topological polar surface area (TPSA) is 24.5 Å². The van der Waals surface area contributed by atoms with Gasteiger partial charge in [-0.25, -0.2) is 4.39 Å². The van der Waals surface area contributed by atoms with Crippen LogP contribution in [-0.2, 0) is 0 Å². The molecule has 0 spiro atoms. The van der Waals surface area contributed by atoms with Crippen LogP contribution in [0.5, 0.6) is 5.75 Å². The molecular formula is C16H25FN2O. The van der Waals surface area contributed by atoms with Crippen molar-refractivity contribution < 1.29 is 9.13 Å². The van der Waals surface area contributed by atoms with Gasteiger partial charge in [-0.1, -0.05) is 20.8 Å². The lowest BCUT2D eigenvalue weighted by Gasteiger charge is -2.42. The number of piperazine rings is 1. The van der Waals surface area contributed by atoms with Gasteiger partial charge in [0.15, 0.2) is 0 Å². The van der Waals surface area contributed by atoms with Crippen LogP contribution in [0.2, 0.25) is 0 Å². The maximum atomic E-state index is 14.3. The predicted molar refractivity (Wildman–Crippen MR) is 79.6 cm³/mol. The highest BCUT2D eigenvalue weighted by Gasteiger charge is 2.34. The lowest BCUT2D eigenvalue weighted by atomic mass is 9.80. The minimum Gasteiger partial charge on any atom is -0.497 e. The summed E-state index contributed by atoms with van der Waals surface area (Å²) in [5.41, 5.74) is 0.698. The van der Waals surface area contributed by atoms with Crippen molar-refractivity contribution in [2.24, 2.45) is 5.41 Å². The summed E-state index contributed by atoms with van der Waals surface area (Å²) in [6.07, 6.45) is 0. The van der Waals surface area contributed by atoms with Crippen LogP contribution >= 0.6 is 0 Å². The number of rotatable bonds is 3. The Bertz CT molecular complexity index is 450. The van der Waals surface area contributed by atoms with Crippen LogP contribution < -0.4 is 10.1 Å². The molecule has 20 heavy (non-hydrogen) atoms. The first-order valence-corrected chi connectivity index (χ1v) is 7.21. The second-order valence-corrected chi connectivity index (χ2v) is 6.44.